The second-order valence-corrected chi connectivity index (χ2v) is 3.50. The predicted molar refractivity (Wildman–Crippen MR) is 61.3 cm³/mol. The summed E-state index contributed by atoms with van der Waals surface area (Å²) in [6.07, 6.45) is 6.62. The van der Waals surface area contributed by atoms with E-state index in [2.05, 4.69) is 10.3 Å². The minimum atomic E-state index is -0.0960. The zero-order valence-electron chi connectivity index (χ0n) is 9.50. The largest absolute Gasteiger partial charge is 0.439 e. The average Bonchev–Trinajstić information content (AvgIpc) is 2.69. The summed E-state index contributed by atoms with van der Waals surface area (Å²) in [6.45, 7) is 0.0241. The number of hydrogen-bond acceptors (Lipinski definition) is 6. The Morgan fingerprint density at radius 1 is 1.53 bits per heavy atom. The molecule has 0 aromatic rings. The molecule has 92 valence electrons. The molecular weight excluding hydrogens is 224 g/mol. The predicted octanol–water partition coefficient (Wildman–Crippen LogP) is 0.801. The van der Waals surface area contributed by atoms with Crippen LogP contribution in [0.4, 0.5) is 0 Å². The van der Waals surface area contributed by atoms with E-state index in [1.807, 2.05) is 18.2 Å². The van der Waals surface area contributed by atoms with Crippen LogP contribution in [0.1, 0.15) is 6.42 Å². The van der Waals surface area contributed by atoms with E-state index in [1.165, 1.54) is 7.11 Å². The van der Waals surface area contributed by atoms with Crippen molar-refractivity contribution in [2.75, 3.05) is 20.3 Å². The van der Waals surface area contributed by atoms with Gasteiger partial charge in [-0.1, -0.05) is 17.3 Å². The molecule has 0 aromatic carbocycles. The molecule has 0 amide bonds. The molecule has 1 aliphatic carbocycles. The van der Waals surface area contributed by atoms with Crippen molar-refractivity contribution in [1.82, 2.24) is 0 Å². The first-order valence-corrected chi connectivity index (χ1v) is 5.33. The molecule has 17 heavy (non-hydrogen) atoms. The molecule has 1 saturated heterocycles. The normalized spacial score (nSPS) is 26.7. The topological polar surface area (TPSA) is 72.6 Å². The number of oxime groups is 2. The van der Waals surface area contributed by atoms with Crippen LogP contribution in [0.15, 0.2) is 34.3 Å². The average molecular weight is 238 g/mol. The van der Waals surface area contributed by atoms with E-state index in [1.54, 1.807) is 0 Å². The smallest absolute Gasteiger partial charge is 0.281 e. The number of rotatable bonds is 4. The summed E-state index contributed by atoms with van der Waals surface area (Å²) in [7, 11) is 1.47. The van der Waals surface area contributed by atoms with Crippen LogP contribution in [-0.2, 0) is 14.4 Å². The summed E-state index contributed by atoms with van der Waals surface area (Å²) in [4.78, 5) is 9.66. The third-order valence-corrected chi connectivity index (χ3v) is 2.40. The number of hydrogen-bond donors (Lipinski definition) is 1. The summed E-state index contributed by atoms with van der Waals surface area (Å²) in [6, 6.07) is 0. The number of aliphatic hydroxyl groups is 1. The zero-order chi connectivity index (χ0) is 12.1. The maximum Gasteiger partial charge on any atom is 0.281 e. The van der Waals surface area contributed by atoms with E-state index >= 15 is 0 Å². The molecule has 0 aromatic heterocycles. The molecule has 2 aliphatic rings. The molecule has 1 heterocycles. The number of ether oxygens (including phenoxy) is 1. The van der Waals surface area contributed by atoms with Gasteiger partial charge in [0.2, 0.25) is 0 Å². The maximum absolute atomic E-state index is 8.60. The fourth-order valence-electron chi connectivity index (χ4n) is 1.69. The fourth-order valence-corrected chi connectivity index (χ4v) is 1.69. The molecule has 6 nitrogen and oxygen atoms in total. The van der Waals surface area contributed by atoms with Crippen LogP contribution >= 0.6 is 0 Å². The fraction of sp³-hybridized carbons (Fsp3) is 0.455. The van der Waals surface area contributed by atoms with Crippen LogP contribution in [0, 0.1) is 5.92 Å². The first-order chi connectivity index (χ1) is 8.36. The number of fused-ring (bicyclic) bond motifs is 1. The summed E-state index contributed by atoms with van der Waals surface area (Å²) in [5.41, 5.74) is 0.612. The molecule has 6 heteroatoms. The second kappa shape index (κ2) is 5.49. The van der Waals surface area contributed by atoms with Gasteiger partial charge in [-0.3, -0.25) is 0 Å². The van der Waals surface area contributed by atoms with Gasteiger partial charge < -0.3 is 19.5 Å². The molecule has 1 fully saturated rings. The van der Waals surface area contributed by atoms with Crippen molar-refractivity contribution in [2.45, 2.75) is 6.42 Å². The first kappa shape index (κ1) is 11.7. The van der Waals surface area contributed by atoms with Gasteiger partial charge in [0.1, 0.15) is 19.5 Å². The minimum absolute atomic E-state index is 0.0384. The molecule has 1 unspecified atom stereocenters. The highest BCUT2D eigenvalue weighted by Crippen LogP contribution is 2.30. The molecule has 1 N–H and O–H groups in total. The van der Waals surface area contributed by atoms with Crippen LogP contribution in [-0.4, -0.2) is 37.0 Å². The van der Waals surface area contributed by atoms with Crippen molar-refractivity contribution in [1.29, 1.82) is 0 Å². The van der Waals surface area contributed by atoms with Crippen molar-refractivity contribution in [3.63, 3.8) is 0 Å². The van der Waals surface area contributed by atoms with E-state index < -0.39 is 0 Å². The second-order valence-electron chi connectivity index (χ2n) is 3.50. The quantitative estimate of drug-likeness (QED) is 0.581. The Balaban J connectivity index is 2.17. The lowest BCUT2D eigenvalue weighted by molar-refractivity contribution is 0.0948. The Hall–Kier alpha value is -1.82. The highest BCUT2D eigenvalue weighted by atomic mass is 16.7. The molecule has 1 aliphatic heterocycles. The Labute approximate surface area is 98.8 Å². The molecule has 0 spiro atoms. The summed E-state index contributed by atoms with van der Waals surface area (Å²) >= 11 is 0. The van der Waals surface area contributed by atoms with Crippen LogP contribution in [0.5, 0.6) is 0 Å². The molecular formula is C11H14N2O4. The van der Waals surface area contributed by atoms with Crippen LogP contribution < -0.4 is 0 Å². The van der Waals surface area contributed by atoms with Crippen molar-refractivity contribution in [3.8, 4) is 0 Å². The zero-order valence-corrected chi connectivity index (χ0v) is 9.50. The Kier molecular flexibility index (Phi) is 3.77. The van der Waals surface area contributed by atoms with Gasteiger partial charge in [0.15, 0.2) is 5.71 Å². The lowest BCUT2D eigenvalue weighted by Gasteiger charge is -2.08. The Bertz CT molecular complexity index is 398. The standard InChI is InChI=1S/C11H14N2O4/c1-15-12-10-8-4-2-3-5-9(8)17-11(10)13-16-7-6-14/h2-3,5,8,14H,4,6-7H2,1H3/b12-10?,13-11-. The van der Waals surface area contributed by atoms with Crippen molar-refractivity contribution in [3.05, 3.63) is 24.0 Å². The van der Waals surface area contributed by atoms with Gasteiger partial charge in [0.05, 0.1) is 12.5 Å². The van der Waals surface area contributed by atoms with E-state index in [4.69, 9.17) is 19.5 Å². The SMILES string of the molecule is CON=C1/C(=N/OCCO)OC2=CC=CCC21. The van der Waals surface area contributed by atoms with E-state index in [0.29, 0.717) is 11.6 Å². The summed E-state index contributed by atoms with van der Waals surface area (Å²) in [5, 5.41) is 16.3. The van der Waals surface area contributed by atoms with Crippen molar-refractivity contribution >= 4 is 11.6 Å². The van der Waals surface area contributed by atoms with Gasteiger partial charge in [-0.05, 0) is 17.7 Å². The van der Waals surface area contributed by atoms with Crippen LogP contribution in [0.2, 0.25) is 0 Å². The van der Waals surface area contributed by atoms with Gasteiger partial charge in [-0.25, -0.2) is 0 Å². The van der Waals surface area contributed by atoms with Crippen LogP contribution in [0.3, 0.4) is 0 Å². The molecule has 0 radical (unpaired) electrons. The third-order valence-electron chi connectivity index (χ3n) is 2.40. The highest BCUT2D eigenvalue weighted by molar-refractivity contribution is 6.42. The minimum Gasteiger partial charge on any atom is -0.439 e. The summed E-state index contributed by atoms with van der Waals surface area (Å²) < 4.78 is 5.52. The van der Waals surface area contributed by atoms with E-state index in [0.717, 1.165) is 12.2 Å². The Morgan fingerprint density at radius 2 is 2.41 bits per heavy atom. The molecule has 0 bridgehead atoms. The van der Waals surface area contributed by atoms with Gasteiger partial charge in [-0.15, -0.1) is 0 Å². The van der Waals surface area contributed by atoms with Gasteiger partial charge in [0.25, 0.3) is 5.90 Å². The highest BCUT2D eigenvalue weighted by Gasteiger charge is 2.37. The molecule has 0 saturated carbocycles. The van der Waals surface area contributed by atoms with Crippen molar-refractivity contribution < 1.29 is 19.5 Å². The van der Waals surface area contributed by atoms with E-state index in [-0.39, 0.29) is 19.1 Å². The van der Waals surface area contributed by atoms with Gasteiger partial charge in [0, 0.05) is 0 Å². The maximum atomic E-state index is 8.60. The molecule has 1 atom stereocenters. The lowest BCUT2D eigenvalue weighted by Crippen LogP contribution is -2.16. The van der Waals surface area contributed by atoms with Gasteiger partial charge >= 0.3 is 0 Å². The number of allylic oxidation sites excluding steroid dienone is 4. The first-order valence-electron chi connectivity index (χ1n) is 5.33. The van der Waals surface area contributed by atoms with Crippen LogP contribution in [0.25, 0.3) is 0 Å². The third kappa shape index (κ3) is 2.47. The van der Waals surface area contributed by atoms with Gasteiger partial charge in [-0.2, -0.15) is 0 Å². The lowest BCUT2D eigenvalue weighted by atomic mass is 9.96. The van der Waals surface area contributed by atoms with E-state index in [9.17, 15) is 0 Å². The number of nitrogens with zero attached hydrogens (tertiary/aromatic N) is 2. The molecule has 2 rings (SSSR count). The monoisotopic (exact) mass is 238 g/mol. The number of aliphatic hydroxyl groups excluding tert-OH is 1. The van der Waals surface area contributed by atoms with Crippen molar-refractivity contribution in [2.24, 2.45) is 16.2 Å². The summed E-state index contributed by atoms with van der Waals surface area (Å²) in [5.74, 6) is 1.12. The Morgan fingerprint density at radius 3 is 3.18 bits per heavy atom.